The molecule has 0 aliphatic heterocycles. The van der Waals surface area contributed by atoms with E-state index in [-0.39, 0.29) is 27.0 Å². The van der Waals surface area contributed by atoms with Crippen LogP contribution in [-0.2, 0) is 4.74 Å². The first-order valence-electron chi connectivity index (χ1n) is 13.1. The van der Waals surface area contributed by atoms with Gasteiger partial charge in [0.15, 0.2) is 0 Å². The van der Waals surface area contributed by atoms with Crippen LogP contribution in [0.4, 0.5) is 0 Å². The molecule has 0 spiro atoms. The normalized spacial score (nSPS) is 29.3. The van der Waals surface area contributed by atoms with Gasteiger partial charge in [0.2, 0.25) is 0 Å². The summed E-state index contributed by atoms with van der Waals surface area (Å²) in [5, 5.41) is 0.354. The first-order chi connectivity index (χ1) is 15.0. The van der Waals surface area contributed by atoms with Crippen LogP contribution in [0.25, 0.3) is 0 Å². The van der Waals surface area contributed by atoms with Gasteiger partial charge in [0, 0.05) is 18.2 Å². The quantitative estimate of drug-likeness (QED) is 0.296. The van der Waals surface area contributed by atoms with E-state index in [1.807, 2.05) is 7.11 Å². The summed E-state index contributed by atoms with van der Waals surface area (Å²) in [6.45, 7) is 32.0. The molecule has 0 bridgehead atoms. The van der Waals surface area contributed by atoms with Gasteiger partial charge in [-0.25, -0.2) is 0 Å². The van der Waals surface area contributed by atoms with E-state index in [4.69, 9.17) is 4.74 Å². The average molecular weight is 473 g/mol. The van der Waals surface area contributed by atoms with Crippen LogP contribution >= 0.6 is 7.92 Å². The van der Waals surface area contributed by atoms with Gasteiger partial charge in [-0.2, -0.15) is 0 Å². The molecule has 1 aliphatic carbocycles. The van der Waals surface area contributed by atoms with Crippen LogP contribution in [0, 0.1) is 23.2 Å². The molecule has 1 aliphatic rings. The van der Waals surface area contributed by atoms with Crippen molar-refractivity contribution < 1.29 is 4.74 Å². The minimum Gasteiger partial charge on any atom is -0.376 e. The van der Waals surface area contributed by atoms with Crippen LogP contribution < -0.4 is 0 Å². The molecule has 0 saturated carbocycles. The van der Waals surface area contributed by atoms with Gasteiger partial charge in [0.1, 0.15) is 0 Å². The SMILES string of the molecule is COC1C(C(C)C)=CC(C)(C(C)C)C(c2ccccc2)C1(C(C)C)P(C(C)(C)C)C(C)(C)C. The van der Waals surface area contributed by atoms with Crippen molar-refractivity contribution in [1.29, 1.82) is 0 Å². The zero-order valence-electron chi connectivity index (χ0n) is 24.2. The Bertz CT molecular complexity index is 794. The standard InChI is InChI=1S/C31H53OP/c1-21(2)25-20-30(13,22(3)4)26(24-18-16-15-17-19-24)31(23(5)6,27(25)32-14)33(28(7,8)9)29(10,11)12/h15-23,26-27H,1-14H3. The molecule has 0 amide bonds. The number of benzene rings is 1. The number of ether oxygens (including phenoxy) is 1. The number of allylic oxidation sites excluding steroid dienone is 1. The second-order valence-corrected chi connectivity index (χ2v) is 17.6. The van der Waals surface area contributed by atoms with Gasteiger partial charge >= 0.3 is 0 Å². The predicted molar refractivity (Wildman–Crippen MR) is 150 cm³/mol. The van der Waals surface area contributed by atoms with E-state index in [2.05, 4.69) is 126 Å². The number of hydrogen-bond donors (Lipinski definition) is 0. The maximum atomic E-state index is 6.69. The first kappa shape index (κ1) is 28.6. The fourth-order valence-electron chi connectivity index (χ4n) is 7.31. The fourth-order valence-corrected chi connectivity index (χ4v) is 13.3. The Balaban J connectivity index is 3.20. The van der Waals surface area contributed by atoms with Crippen LogP contribution in [0.5, 0.6) is 0 Å². The maximum absolute atomic E-state index is 6.69. The molecule has 188 valence electrons. The van der Waals surface area contributed by atoms with E-state index in [9.17, 15) is 0 Å². The Morgan fingerprint density at radius 2 is 1.30 bits per heavy atom. The van der Waals surface area contributed by atoms with Crippen LogP contribution in [-0.4, -0.2) is 28.7 Å². The van der Waals surface area contributed by atoms with E-state index in [1.165, 1.54) is 11.1 Å². The third-order valence-electron chi connectivity index (χ3n) is 8.22. The summed E-state index contributed by atoms with van der Waals surface area (Å²) < 4.78 is 6.69. The Labute approximate surface area is 207 Å². The summed E-state index contributed by atoms with van der Waals surface area (Å²) in [4.78, 5) is 0. The molecule has 0 radical (unpaired) electrons. The van der Waals surface area contributed by atoms with E-state index in [0.29, 0.717) is 23.7 Å². The number of methoxy groups -OCH3 is 1. The van der Waals surface area contributed by atoms with Gasteiger partial charge in [-0.3, -0.25) is 0 Å². The van der Waals surface area contributed by atoms with Gasteiger partial charge in [0.25, 0.3) is 0 Å². The highest BCUT2D eigenvalue weighted by Crippen LogP contribution is 2.78. The molecule has 4 atom stereocenters. The summed E-state index contributed by atoms with van der Waals surface area (Å²) >= 11 is 0. The Morgan fingerprint density at radius 1 is 0.818 bits per heavy atom. The summed E-state index contributed by atoms with van der Waals surface area (Å²) in [6.07, 6.45) is 2.76. The van der Waals surface area contributed by atoms with Crippen LogP contribution in [0.2, 0.25) is 0 Å². The molecule has 2 heteroatoms. The summed E-state index contributed by atoms with van der Waals surface area (Å²) in [5.74, 6) is 1.82. The topological polar surface area (TPSA) is 9.23 Å². The van der Waals surface area contributed by atoms with E-state index >= 15 is 0 Å². The second-order valence-electron chi connectivity index (χ2n) is 13.5. The van der Waals surface area contributed by atoms with Crippen molar-refractivity contribution in [1.82, 2.24) is 0 Å². The molecule has 33 heavy (non-hydrogen) atoms. The molecule has 1 aromatic rings. The van der Waals surface area contributed by atoms with Crippen molar-refractivity contribution >= 4 is 7.92 Å². The van der Waals surface area contributed by atoms with Crippen molar-refractivity contribution in [2.24, 2.45) is 23.2 Å². The third-order valence-corrected chi connectivity index (χ3v) is 12.7. The molecule has 2 rings (SSSR count). The van der Waals surface area contributed by atoms with E-state index in [0.717, 1.165) is 0 Å². The van der Waals surface area contributed by atoms with Crippen LogP contribution in [0.15, 0.2) is 42.0 Å². The van der Waals surface area contributed by atoms with Gasteiger partial charge in [-0.1, -0.05) is 134 Å². The monoisotopic (exact) mass is 472 g/mol. The molecule has 1 nitrogen and oxygen atoms in total. The summed E-state index contributed by atoms with van der Waals surface area (Å²) in [6, 6.07) is 11.4. The largest absolute Gasteiger partial charge is 0.376 e. The van der Waals surface area contributed by atoms with Crippen molar-refractivity contribution in [2.75, 3.05) is 7.11 Å². The maximum Gasteiger partial charge on any atom is 0.0888 e. The van der Waals surface area contributed by atoms with Gasteiger partial charge in [-0.05, 0) is 44.6 Å². The van der Waals surface area contributed by atoms with Crippen molar-refractivity contribution in [2.45, 2.75) is 117 Å². The van der Waals surface area contributed by atoms with Gasteiger partial charge in [0.05, 0.1) is 6.10 Å². The Hall–Kier alpha value is -0.650. The molecule has 0 N–H and O–H groups in total. The van der Waals surface area contributed by atoms with Crippen molar-refractivity contribution in [3.05, 3.63) is 47.5 Å². The van der Waals surface area contributed by atoms with Gasteiger partial charge in [-0.15, -0.1) is 0 Å². The average Bonchev–Trinajstić information content (AvgIpc) is 2.65. The summed E-state index contributed by atoms with van der Waals surface area (Å²) in [5.41, 5.74) is 3.03. The van der Waals surface area contributed by atoms with E-state index in [1.54, 1.807) is 0 Å². The smallest absolute Gasteiger partial charge is 0.0888 e. The van der Waals surface area contributed by atoms with Crippen LogP contribution in [0.1, 0.15) is 101 Å². The highest BCUT2D eigenvalue weighted by molar-refractivity contribution is 7.62. The lowest BCUT2D eigenvalue weighted by molar-refractivity contribution is 0.0122. The van der Waals surface area contributed by atoms with Crippen molar-refractivity contribution in [3.63, 3.8) is 0 Å². The zero-order chi connectivity index (χ0) is 25.6. The second kappa shape index (κ2) is 9.78. The number of hydrogen-bond acceptors (Lipinski definition) is 1. The minimum absolute atomic E-state index is 0.00465. The molecule has 0 aromatic heterocycles. The molecular formula is C31H53OP. The van der Waals surface area contributed by atoms with Crippen molar-refractivity contribution in [3.8, 4) is 0 Å². The van der Waals surface area contributed by atoms with Gasteiger partial charge < -0.3 is 4.74 Å². The molecule has 4 unspecified atom stereocenters. The fraction of sp³-hybridized carbons (Fsp3) is 0.742. The number of rotatable bonds is 6. The Morgan fingerprint density at radius 3 is 1.64 bits per heavy atom. The Kier molecular flexibility index (Phi) is 8.47. The molecule has 0 fully saturated rings. The predicted octanol–water partition coefficient (Wildman–Crippen LogP) is 9.52. The third kappa shape index (κ3) is 4.89. The zero-order valence-corrected chi connectivity index (χ0v) is 25.1. The lowest BCUT2D eigenvalue weighted by Gasteiger charge is -2.67. The van der Waals surface area contributed by atoms with E-state index < -0.39 is 7.92 Å². The molecule has 0 heterocycles. The lowest BCUT2D eigenvalue weighted by Crippen LogP contribution is -2.63. The highest BCUT2D eigenvalue weighted by atomic mass is 31.1. The lowest BCUT2D eigenvalue weighted by atomic mass is 9.53. The first-order valence-corrected chi connectivity index (χ1v) is 14.4. The minimum atomic E-state index is -0.493. The molecular weight excluding hydrogens is 419 g/mol. The summed E-state index contributed by atoms with van der Waals surface area (Å²) in [7, 11) is 1.48. The molecule has 1 aromatic carbocycles. The molecule has 0 saturated heterocycles. The van der Waals surface area contributed by atoms with Crippen LogP contribution in [0.3, 0.4) is 0 Å². The highest BCUT2D eigenvalue weighted by Gasteiger charge is 2.66.